The highest BCUT2D eigenvalue weighted by molar-refractivity contribution is 7.87. The molecule has 0 saturated heterocycles. The predicted molar refractivity (Wildman–Crippen MR) is 76.2 cm³/mol. The smallest absolute Gasteiger partial charge is 0.465 e. The van der Waals surface area contributed by atoms with Gasteiger partial charge < -0.3 is 14.2 Å². The van der Waals surface area contributed by atoms with E-state index in [2.05, 4.69) is 9.17 Å². The van der Waals surface area contributed by atoms with Crippen molar-refractivity contribution in [3.8, 4) is 5.88 Å². The number of amides is 1. The molecule has 0 fully saturated rings. The lowest BCUT2D eigenvalue weighted by Crippen LogP contribution is -2.33. The van der Waals surface area contributed by atoms with Crippen molar-refractivity contribution in [1.29, 1.82) is 0 Å². The van der Waals surface area contributed by atoms with Crippen LogP contribution in [0, 0.1) is 0 Å². The fraction of sp³-hybridized carbons (Fsp3) is 0.538. The first-order valence-corrected chi connectivity index (χ1v) is 8.44. The number of alkyl halides is 3. The van der Waals surface area contributed by atoms with Gasteiger partial charge in [0.25, 0.3) is 0 Å². The van der Waals surface area contributed by atoms with Crippen molar-refractivity contribution < 1.29 is 35.7 Å². The molecule has 2 heterocycles. The first-order valence-electron chi connectivity index (χ1n) is 7.03. The molecular formula is C13H15F3N2O5S. The molecule has 1 unspecified atom stereocenters. The van der Waals surface area contributed by atoms with Crippen LogP contribution >= 0.6 is 0 Å². The number of aromatic nitrogens is 1. The number of nitrogens with zero attached hydrogens (tertiary/aromatic N) is 2. The normalized spacial score (nSPS) is 18.7. The van der Waals surface area contributed by atoms with Crippen molar-refractivity contribution in [2.45, 2.75) is 31.2 Å². The Labute approximate surface area is 136 Å². The van der Waals surface area contributed by atoms with Gasteiger partial charge in [-0.2, -0.15) is 21.6 Å². The molecule has 1 atom stereocenters. The van der Waals surface area contributed by atoms with E-state index in [0.717, 1.165) is 6.07 Å². The van der Waals surface area contributed by atoms with Gasteiger partial charge in [-0.25, -0.2) is 9.78 Å². The summed E-state index contributed by atoms with van der Waals surface area (Å²) in [5.74, 6) is -1.05. The van der Waals surface area contributed by atoms with Gasteiger partial charge in [0.2, 0.25) is 5.88 Å². The Morgan fingerprint density at radius 1 is 1.46 bits per heavy atom. The van der Waals surface area contributed by atoms with Crippen LogP contribution in [-0.2, 0) is 16.5 Å². The lowest BCUT2D eigenvalue weighted by molar-refractivity contribution is -0.0501. The van der Waals surface area contributed by atoms with Crippen molar-refractivity contribution in [1.82, 2.24) is 9.88 Å². The topological polar surface area (TPSA) is 96.8 Å². The minimum Gasteiger partial charge on any atom is -0.465 e. The summed E-state index contributed by atoms with van der Waals surface area (Å²) in [4.78, 5) is 16.3. The number of hydrogen-bond acceptors (Lipinski definition) is 5. The van der Waals surface area contributed by atoms with E-state index in [9.17, 15) is 26.4 Å². The summed E-state index contributed by atoms with van der Waals surface area (Å²) in [6, 6.07) is 2.45. The Morgan fingerprint density at radius 3 is 2.67 bits per heavy atom. The Kier molecular flexibility index (Phi) is 4.92. The lowest BCUT2D eigenvalue weighted by Gasteiger charge is -2.21. The SMILES string of the molecule is CCC1CN(C(=O)O)CCc2ccc(OS(=O)(=O)C(F)(F)F)nc21. The number of carboxylic acid groups (broad SMARTS) is 1. The van der Waals surface area contributed by atoms with Crippen molar-refractivity contribution >= 4 is 16.2 Å². The third-order valence-electron chi connectivity index (χ3n) is 3.71. The molecule has 0 spiro atoms. The van der Waals surface area contributed by atoms with Gasteiger partial charge in [0.1, 0.15) is 0 Å². The fourth-order valence-electron chi connectivity index (χ4n) is 2.45. The van der Waals surface area contributed by atoms with Gasteiger partial charge >= 0.3 is 21.7 Å². The third kappa shape index (κ3) is 3.71. The highest BCUT2D eigenvalue weighted by Crippen LogP contribution is 2.31. The van der Waals surface area contributed by atoms with Crippen molar-refractivity contribution in [3.05, 3.63) is 23.4 Å². The molecule has 1 aromatic rings. The van der Waals surface area contributed by atoms with Gasteiger partial charge in [0, 0.05) is 25.1 Å². The molecule has 0 radical (unpaired) electrons. The average Bonchev–Trinajstić information content (AvgIpc) is 2.64. The highest BCUT2D eigenvalue weighted by atomic mass is 32.2. The van der Waals surface area contributed by atoms with Gasteiger partial charge in [-0.15, -0.1) is 0 Å². The standard InChI is InChI=1S/C13H15F3N2O5S/c1-2-8-7-18(12(19)20)6-5-9-3-4-10(17-11(8)9)23-24(21,22)13(14,15)16/h3-4,8H,2,5-7H2,1H3,(H,19,20). The molecular weight excluding hydrogens is 353 g/mol. The molecule has 1 amide bonds. The number of pyridine rings is 1. The summed E-state index contributed by atoms with van der Waals surface area (Å²) in [7, 11) is -5.80. The van der Waals surface area contributed by atoms with Crippen LogP contribution in [0.3, 0.4) is 0 Å². The van der Waals surface area contributed by atoms with Gasteiger partial charge in [-0.05, 0) is 18.4 Å². The monoisotopic (exact) mass is 368 g/mol. The van der Waals surface area contributed by atoms with Crippen LogP contribution in [0.25, 0.3) is 0 Å². The molecule has 134 valence electrons. The van der Waals surface area contributed by atoms with Gasteiger partial charge in [-0.3, -0.25) is 0 Å². The van der Waals surface area contributed by atoms with Gasteiger partial charge in [0.15, 0.2) is 0 Å². The van der Waals surface area contributed by atoms with E-state index < -0.39 is 27.6 Å². The number of rotatable bonds is 3. The Bertz CT molecular complexity index is 736. The first kappa shape index (κ1) is 18.3. The summed E-state index contributed by atoms with van der Waals surface area (Å²) in [5.41, 5.74) is -4.54. The van der Waals surface area contributed by atoms with E-state index in [4.69, 9.17) is 5.11 Å². The molecule has 1 aromatic heterocycles. The second kappa shape index (κ2) is 6.46. The molecule has 0 aliphatic carbocycles. The van der Waals surface area contributed by atoms with Crippen LogP contribution in [0.4, 0.5) is 18.0 Å². The third-order valence-corrected chi connectivity index (χ3v) is 4.66. The zero-order valence-corrected chi connectivity index (χ0v) is 13.4. The van der Waals surface area contributed by atoms with Crippen molar-refractivity contribution in [3.63, 3.8) is 0 Å². The van der Waals surface area contributed by atoms with E-state index in [-0.39, 0.29) is 19.0 Å². The summed E-state index contributed by atoms with van der Waals surface area (Å²) in [6.45, 7) is 2.13. The van der Waals surface area contributed by atoms with E-state index >= 15 is 0 Å². The molecule has 11 heteroatoms. The Balaban J connectivity index is 2.35. The second-order valence-corrected chi connectivity index (χ2v) is 6.80. The molecule has 0 saturated carbocycles. The molecule has 24 heavy (non-hydrogen) atoms. The summed E-state index contributed by atoms with van der Waals surface area (Å²) < 4.78 is 63.4. The van der Waals surface area contributed by atoms with E-state index in [1.54, 1.807) is 6.92 Å². The molecule has 0 bridgehead atoms. The zero-order valence-electron chi connectivity index (χ0n) is 12.6. The maximum absolute atomic E-state index is 12.4. The van der Waals surface area contributed by atoms with Crippen LogP contribution in [-0.4, -0.2) is 48.1 Å². The van der Waals surface area contributed by atoms with Crippen molar-refractivity contribution in [2.24, 2.45) is 0 Å². The summed E-state index contributed by atoms with van der Waals surface area (Å²) >= 11 is 0. The fourth-order valence-corrected chi connectivity index (χ4v) is 2.86. The quantitative estimate of drug-likeness (QED) is 0.650. The predicted octanol–water partition coefficient (Wildman–Crippen LogP) is 2.34. The molecule has 2 rings (SSSR count). The number of halogens is 3. The van der Waals surface area contributed by atoms with Crippen LogP contribution in [0.5, 0.6) is 5.88 Å². The second-order valence-electron chi connectivity index (χ2n) is 5.26. The van der Waals surface area contributed by atoms with E-state index in [0.29, 0.717) is 24.1 Å². The molecule has 7 nitrogen and oxygen atoms in total. The average molecular weight is 368 g/mol. The molecule has 1 aliphatic rings. The molecule has 1 aliphatic heterocycles. The summed E-state index contributed by atoms with van der Waals surface area (Å²) in [5, 5.41) is 9.13. The van der Waals surface area contributed by atoms with Crippen LogP contribution in [0.1, 0.15) is 30.5 Å². The number of hydrogen-bond donors (Lipinski definition) is 1. The van der Waals surface area contributed by atoms with Crippen LogP contribution in [0.15, 0.2) is 12.1 Å². The Hall–Kier alpha value is -2.04. The summed E-state index contributed by atoms with van der Waals surface area (Å²) in [6.07, 6.45) is -0.283. The lowest BCUT2D eigenvalue weighted by atomic mass is 9.97. The minimum atomic E-state index is -5.80. The van der Waals surface area contributed by atoms with Gasteiger partial charge in [0.05, 0.1) is 5.69 Å². The van der Waals surface area contributed by atoms with Crippen LogP contribution < -0.4 is 4.18 Å². The first-order chi connectivity index (χ1) is 11.0. The highest BCUT2D eigenvalue weighted by Gasteiger charge is 2.49. The minimum absolute atomic E-state index is 0.126. The largest absolute Gasteiger partial charge is 0.534 e. The van der Waals surface area contributed by atoms with E-state index in [1.807, 2.05) is 0 Å². The maximum Gasteiger partial charge on any atom is 0.534 e. The molecule has 1 N–H and O–H groups in total. The van der Waals surface area contributed by atoms with Gasteiger partial charge in [-0.1, -0.05) is 13.0 Å². The van der Waals surface area contributed by atoms with Crippen LogP contribution in [0.2, 0.25) is 0 Å². The zero-order chi connectivity index (χ0) is 18.1. The maximum atomic E-state index is 12.4. The number of carbonyl (C=O) groups is 1. The van der Waals surface area contributed by atoms with Crippen molar-refractivity contribution in [2.75, 3.05) is 13.1 Å². The Morgan fingerprint density at radius 2 is 2.12 bits per heavy atom. The molecule has 0 aromatic carbocycles. The van der Waals surface area contributed by atoms with E-state index in [1.165, 1.54) is 11.0 Å². The number of fused-ring (bicyclic) bond motifs is 1.